The number of aromatic nitrogens is 1. The smallest absolute Gasteiger partial charge is 0.348 e. The van der Waals surface area contributed by atoms with Gasteiger partial charge in [-0.1, -0.05) is 12.1 Å². The molecule has 0 aliphatic rings. The molecule has 1 atom stereocenters. The molecule has 0 N–H and O–H groups in total. The standard InChI is InChI=1S/C19H13FN2O3S2/c1-11-10-26-18(22-11)14(8-21)15(23)9-25-19(24)17-7-6-16(27-17)12-2-4-13(20)5-3-12/h2-7,10,14H,9H2,1H3/t14-/m1/s1. The number of esters is 1. The van der Waals surface area contributed by atoms with Gasteiger partial charge in [-0.15, -0.1) is 22.7 Å². The maximum atomic E-state index is 13.0. The van der Waals surface area contributed by atoms with E-state index in [2.05, 4.69) is 4.98 Å². The molecule has 5 nitrogen and oxygen atoms in total. The summed E-state index contributed by atoms with van der Waals surface area (Å²) in [6.07, 6.45) is 0. The van der Waals surface area contributed by atoms with E-state index in [0.29, 0.717) is 9.88 Å². The molecule has 0 radical (unpaired) electrons. The second-order valence-electron chi connectivity index (χ2n) is 5.60. The van der Waals surface area contributed by atoms with Gasteiger partial charge in [-0.25, -0.2) is 14.2 Å². The summed E-state index contributed by atoms with van der Waals surface area (Å²) in [6, 6.07) is 11.1. The Bertz CT molecular complexity index is 1020. The highest BCUT2D eigenvalue weighted by Crippen LogP contribution is 2.29. The van der Waals surface area contributed by atoms with Gasteiger partial charge < -0.3 is 4.74 Å². The number of benzene rings is 1. The van der Waals surface area contributed by atoms with E-state index in [1.807, 2.05) is 6.07 Å². The molecular formula is C19H13FN2O3S2. The number of hydrogen-bond acceptors (Lipinski definition) is 7. The number of Topliss-reactive ketones (excluding diaryl/α,β-unsaturated/α-hetero) is 1. The summed E-state index contributed by atoms with van der Waals surface area (Å²) in [5, 5.41) is 11.4. The van der Waals surface area contributed by atoms with Gasteiger partial charge in [0.1, 0.15) is 15.7 Å². The molecule has 0 saturated heterocycles. The number of thiophene rings is 1. The third kappa shape index (κ3) is 4.45. The summed E-state index contributed by atoms with van der Waals surface area (Å²) in [7, 11) is 0. The Balaban J connectivity index is 1.63. The molecule has 2 heterocycles. The molecule has 0 aliphatic heterocycles. The summed E-state index contributed by atoms with van der Waals surface area (Å²) < 4.78 is 18.1. The van der Waals surface area contributed by atoms with Crippen molar-refractivity contribution < 1.29 is 18.7 Å². The van der Waals surface area contributed by atoms with Gasteiger partial charge >= 0.3 is 5.97 Å². The number of nitriles is 1. The number of halogens is 1. The Morgan fingerprint density at radius 2 is 2.00 bits per heavy atom. The Labute approximate surface area is 162 Å². The van der Waals surface area contributed by atoms with Crippen LogP contribution in [0, 0.1) is 24.1 Å². The molecule has 0 spiro atoms. The minimum atomic E-state index is -1.05. The van der Waals surface area contributed by atoms with Crippen LogP contribution in [0.25, 0.3) is 10.4 Å². The fraction of sp³-hybridized carbons (Fsp3) is 0.158. The van der Waals surface area contributed by atoms with Gasteiger partial charge in [0.25, 0.3) is 0 Å². The number of nitrogens with zero attached hydrogens (tertiary/aromatic N) is 2. The first-order valence-corrected chi connectivity index (χ1v) is 9.55. The minimum Gasteiger partial charge on any atom is -0.453 e. The number of aryl methyl sites for hydroxylation is 1. The van der Waals surface area contributed by atoms with Gasteiger partial charge in [-0.05, 0) is 36.8 Å². The predicted molar refractivity (Wildman–Crippen MR) is 100 cm³/mol. The first-order chi connectivity index (χ1) is 13.0. The van der Waals surface area contributed by atoms with Crippen LogP contribution in [0.4, 0.5) is 4.39 Å². The molecule has 0 amide bonds. The predicted octanol–water partition coefficient (Wildman–Crippen LogP) is 4.35. The number of hydrogen-bond donors (Lipinski definition) is 0. The Kier molecular flexibility index (Phi) is 5.74. The molecule has 0 saturated carbocycles. The van der Waals surface area contributed by atoms with Crippen molar-refractivity contribution >= 4 is 34.4 Å². The molecular weight excluding hydrogens is 387 g/mol. The van der Waals surface area contributed by atoms with Gasteiger partial charge in [0.05, 0.1) is 6.07 Å². The molecule has 136 valence electrons. The molecule has 0 fully saturated rings. The summed E-state index contributed by atoms with van der Waals surface area (Å²) >= 11 is 2.41. The molecule has 0 aliphatic carbocycles. The second kappa shape index (κ2) is 8.20. The first kappa shape index (κ1) is 18.9. The van der Waals surface area contributed by atoms with E-state index >= 15 is 0 Å². The van der Waals surface area contributed by atoms with Crippen molar-refractivity contribution in [1.82, 2.24) is 4.98 Å². The number of ketones is 1. The zero-order valence-corrected chi connectivity index (χ0v) is 15.8. The van der Waals surface area contributed by atoms with E-state index in [9.17, 15) is 19.2 Å². The average molecular weight is 400 g/mol. The molecule has 3 aromatic rings. The zero-order chi connectivity index (χ0) is 19.4. The lowest BCUT2D eigenvalue weighted by Gasteiger charge is -2.06. The van der Waals surface area contributed by atoms with Crippen LogP contribution in [0.15, 0.2) is 41.8 Å². The molecule has 3 rings (SSSR count). The van der Waals surface area contributed by atoms with E-state index in [1.54, 1.807) is 36.6 Å². The fourth-order valence-electron chi connectivity index (χ4n) is 2.28. The summed E-state index contributed by atoms with van der Waals surface area (Å²) in [5.41, 5.74) is 1.51. The van der Waals surface area contributed by atoms with E-state index in [4.69, 9.17) is 4.74 Å². The SMILES string of the molecule is Cc1csc([C@H](C#N)C(=O)COC(=O)c2ccc(-c3ccc(F)cc3)s2)n1. The lowest BCUT2D eigenvalue weighted by Crippen LogP contribution is -2.19. The summed E-state index contributed by atoms with van der Waals surface area (Å²) in [5.74, 6) is -2.55. The van der Waals surface area contributed by atoms with Crippen LogP contribution in [-0.4, -0.2) is 23.3 Å². The van der Waals surface area contributed by atoms with Crippen LogP contribution in [0.1, 0.15) is 26.3 Å². The van der Waals surface area contributed by atoms with Gasteiger partial charge in [0, 0.05) is 16.0 Å². The Morgan fingerprint density at radius 3 is 2.63 bits per heavy atom. The van der Waals surface area contributed by atoms with Gasteiger partial charge in [-0.3, -0.25) is 4.79 Å². The van der Waals surface area contributed by atoms with E-state index in [0.717, 1.165) is 16.1 Å². The highest BCUT2D eigenvalue weighted by Gasteiger charge is 2.25. The van der Waals surface area contributed by atoms with Crippen LogP contribution >= 0.6 is 22.7 Å². The maximum Gasteiger partial charge on any atom is 0.348 e. The number of carbonyl (C=O) groups excluding carboxylic acids is 2. The Morgan fingerprint density at radius 1 is 1.26 bits per heavy atom. The lowest BCUT2D eigenvalue weighted by atomic mass is 10.1. The van der Waals surface area contributed by atoms with Crippen LogP contribution in [0.3, 0.4) is 0 Å². The van der Waals surface area contributed by atoms with Gasteiger partial charge in [-0.2, -0.15) is 5.26 Å². The largest absolute Gasteiger partial charge is 0.453 e. The van der Waals surface area contributed by atoms with E-state index < -0.39 is 24.3 Å². The third-order valence-corrected chi connectivity index (χ3v) is 5.76. The first-order valence-electron chi connectivity index (χ1n) is 7.85. The van der Waals surface area contributed by atoms with Crippen LogP contribution in [-0.2, 0) is 9.53 Å². The molecule has 27 heavy (non-hydrogen) atoms. The van der Waals surface area contributed by atoms with Crippen LogP contribution < -0.4 is 0 Å². The highest BCUT2D eigenvalue weighted by atomic mass is 32.1. The summed E-state index contributed by atoms with van der Waals surface area (Å²) in [6.45, 7) is 1.27. The minimum absolute atomic E-state index is 0.320. The van der Waals surface area contributed by atoms with Crippen molar-refractivity contribution in [1.29, 1.82) is 5.26 Å². The Hall–Kier alpha value is -2.89. The van der Waals surface area contributed by atoms with Crippen LogP contribution in [0.2, 0.25) is 0 Å². The van der Waals surface area contributed by atoms with Crippen molar-refractivity contribution in [3.8, 4) is 16.5 Å². The van der Waals surface area contributed by atoms with Crippen molar-refractivity contribution in [2.75, 3.05) is 6.61 Å². The van der Waals surface area contributed by atoms with Gasteiger partial charge in [0.15, 0.2) is 18.3 Å². The summed E-state index contributed by atoms with van der Waals surface area (Å²) in [4.78, 5) is 29.6. The average Bonchev–Trinajstić information content (AvgIpc) is 3.31. The van der Waals surface area contributed by atoms with Crippen molar-refractivity contribution in [2.45, 2.75) is 12.8 Å². The topological polar surface area (TPSA) is 80.0 Å². The molecule has 0 bridgehead atoms. The second-order valence-corrected chi connectivity index (χ2v) is 7.58. The van der Waals surface area contributed by atoms with Gasteiger partial charge in [0.2, 0.25) is 0 Å². The maximum absolute atomic E-state index is 13.0. The highest BCUT2D eigenvalue weighted by molar-refractivity contribution is 7.17. The van der Waals surface area contributed by atoms with Crippen molar-refractivity contribution in [3.05, 3.63) is 63.2 Å². The van der Waals surface area contributed by atoms with Crippen molar-refractivity contribution in [3.63, 3.8) is 0 Å². The fourth-order valence-corrected chi connectivity index (χ4v) is 4.04. The zero-order valence-electron chi connectivity index (χ0n) is 14.1. The number of thiazole rings is 1. The monoisotopic (exact) mass is 400 g/mol. The number of rotatable bonds is 6. The quantitative estimate of drug-likeness (QED) is 0.575. The molecule has 1 aromatic carbocycles. The third-order valence-electron chi connectivity index (χ3n) is 3.62. The van der Waals surface area contributed by atoms with Crippen molar-refractivity contribution in [2.24, 2.45) is 0 Å². The van der Waals surface area contributed by atoms with E-state index in [-0.39, 0.29) is 5.82 Å². The molecule has 0 unspecified atom stereocenters. The van der Waals surface area contributed by atoms with E-state index in [1.165, 1.54) is 34.8 Å². The molecule has 8 heteroatoms. The molecule has 2 aromatic heterocycles. The van der Waals surface area contributed by atoms with Crippen LogP contribution in [0.5, 0.6) is 0 Å². The lowest BCUT2D eigenvalue weighted by molar-refractivity contribution is -0.122. The number of carbonyl (C=O) groups is 2. The number of ether oxygens (including phenoxy) is 1. The normalized spacial score (nSPS) is 11.6.